The van der Waals surface area contributed by atoms with Crippen LogP contribution in [0.15, 0.2) is 122 Å². The molecule has 8 rings (SSSR count). The summed E-state index contributed by atoms with van der Waals surface area (Å²) in [6, 6.07) is 13.5. The molecule has 4 heterocycles. The standard InChI is InChI=1S/C74H93ClN18O14/c1-41(2)31-52-66(100)86-51-19-11-28-80-64(98)53(33-43-13-5-4-6-14-43)84-62(96)38-58(70(104)85-50(65(99)87-52)18-10-29-81-74(77)78)91-71(105)57(37-61(95)82-40-59(63(76)97)92-72(106)60-20-12-30-93(60)73(51)107)90-69(103)56(36-46-15-9-27-79-39-46)89-68(102)55(34-44-22-25-49(75)26-23-44)88-67(101)54(83-42(3)94)35-45-21-24-47-16-7-8-17-48(47)32-45/h4-9,13-17,21-27,32,39,41,50-60H,10-12,18-20,28-31,33-38,40H2,1-3H3,(H2,76,97)(H,80,98)(H,82,95)(H,83,94)(H,84,96)(H,85,104)(H,86,100)(H,87,99)(H,88,101)(H,89,102)(H,90,103)(H,91,105)(H,92,106)(H4,77,78,81)/t50-,51+,52+,53+,54-,55-,56-,57+,58+,59?,60+/m1/s1. The SMILES string of the molecule is CC(=O)N[C@H](Cc1ccc2ccccc2c1)C(=O)N[C@H](Cc1ccc(Cl)cc1)C(=O)N[C@H](Cc1cccnc1)C(=O)N[C@H]1CC(=O)NCC(C(N)=O)NC(=O)[C@@H]2CCCN2C(=O)[C@@H]2CCCNC(=O)[C@H](Cc3ccccc3)NC(=O)C[C@H](NC1=O)C(=O)N[C@H](CCCNC(=N)N)C(=O)N[C@@H](CC(C)C)C(=O)N2. The molecule has 1 aromatic heterocycles. The smallest absolute Gasteiger partial charge is 0.245 e. The van der Waals surface area contributed by atoms with E-state index in [4.69, 9.17) is 28.5 Å². The number of hydrogen-bond donors (Lipinski definition) is 16. The van der Waals surface area contributed by atoms with Crippen LogP contribution >= 0.6 is 11.6 Å². The number of pyridine rings is 1. The van der Waals surface area contributed by atoms with Gasteiger partial charge in [0, 0.05) is 76.2 Å². The summed E-state index contributed by atoms with van der Waals surface area (Å²) in [5.74, 6) is -14.3. The zero-order chi connectivity index (χ0) is 77.3. The number of hydrogen-bond acceptors (Lipinski definition) is 16. The number of nitrogens with two attached hydrogens (primary N) is 2. The third-order valence-electron chi connectivity index (χ3n) is 18.3. The number of aromatic nitrogens is 1. The topological polar surface area (TPSA) is 487 Å². The molecule has 0 saturated carbocycles. The number of nitrogens with zero attached hydrogens (tertiary/aromatic N) is 2. The molecule has 5 aromatic rings. The van der Waals surface area contributed by atoms with Crippen molar-refractivity contribution in [3.8, 4) is 0 Å². The highest BCUT2D eigenvalue weighted by molar-refractivity contribution is 6.30. The second kappa shape index (κ2) is 39.5. The van der Waals surface area contributed by atoms with E-state index < -0.39 is 175 Å². The zero-order valence-corrected chi connectivity index (χ0v) is 60.4. The molecule has 14 amide bonds. The fraction of sp³-hybridized carbons (Fsp3) is 0.432. The lowest BCUT2D eigenvalue weighted by molar-refractivity contribution is -0.142. The molecule has 2 bridgehead atoms. The van der Waals surface area contributed by atoms with Crippen molar-refractivity contribution < 1.29 is 67.1 Å². The van der Waals surface area contributed by atoms with Gasteiger partial charge in [0.15, 0.2) is 5.96 Å². The lowest BCUT2D eigenvalue weighted by Gasteiger charge is -2.31. The highest BCUT2D eigenvalue weighted by Gasteiger charge is 2.42. The summed E-state index contributed by atoms with van der Waals surface area (Å²) in [4.78, 5) is 210. The second-order valence-corrected chi connectivity index (χ2v) is 27.6. The first-order chi connectivity index (χ1) is 51.2. The van der Waals surface area contributed by atoms with E-state index >= 15 is 19.2 Å². The molecule has 11 atom stereocenters. The number of carbonyl (C=O) groups excluding carboxylic acids is 14. The van der Waals surface area contributed by atoms with Crippen molar-refractivity contribution in [3.05, 3.63) is 149 Å². The van der Waals surface area contributed by atoms with E-state index in [0.717, 1.165) is 10.8 Å². The number of guanidine groups is 1. The average Bonchev–Trinajstić information content (AvgIpc) is 1.75. The van der Waals surface area contributed by atoms with E-state index in [0.29, 0.717) is 27.3 Å². The number of primary amides is 1. The molecule has 3 fully saturated rings. The molecule has 570 valence electrons. The van der Waals surface area contributed by atoms with E-state index in [9.17, 15) is 47.9 Å². The molecule has 4 aromatic carbocycles. The van der Waals surface area contributed by atoms with Crippen molar-refractivity contribution in [1.82, 2.24) is 79.0 Å². The second-order valence-electron chi connectivity index (χ2n) is 27.2. The Morgan fingerprint density at radius 3 is 1.92 bits per heavy atom. The zero-order valence-electron chi connectivity index (χ0n) is 59.6. The molecule has 3 aliphatic heterocycles. The third kappa shape index (κ3) is 25.1. The molecule has 107 heavy (non-hydrogen) atoms. The van der Waals surface area contributed by atoms with Crippen LogP contribution in [0, 0.1) is 11.3 Å². The maximum Gasteiger partial charge on any atom is 0.245 e. The fourth-order valence-corrected chi connectivity index (χ4v) is 12.9. The van der Waals surface area contributed by atoms with E-state index in [2.05, 4.69) is 74.1 Å². The van der Waals surface area contributed by atoms with Crippen molar-refractivity contribution in [2.24, 2.45) is 17.4 Å². The summed E-state index contributed by atoms with van der Waals surface area (Å²) in [7, 11) is 0. The van der Waals surface area contributed by atoms with Crippen molar-refractivity contribution in [1.29, 1.82) is 5.41 Å². The Labute approximate surface area is 622 Å². The number of halogens is 1. The molecule has 18 N–H and O–H groups in total. The number of rotatable bonds is 22. The monoisotopic (exact) mass is 1490 g/mol. The van der Waals surface area contributed by atoms with Crippen LogP contribution < -0.4 is 80.6 Å². The first kappa shape index (κ1) is 81.1. The van der Waals surface area contributed by atoms with Gasteiger partial charge < -0.3 is 85.5 Å². The number of fused-ring (bicyclic) bond motifs is 11. The van der Waals surface area contributed by atoms with Crippen molar-refractivity contribution in [2.75, 3.05) is 26.2 Å². The molecule has 32 nitrogen and oxygen atoms in total. The first-order valence-corrected chi connectivity index (χ1v) is 35.9. The molecular weight excluding hydrogens is 1400 g/mol. The predicted octanol–water partition coefficient (Wildman–Crippen LogP) is -1.37. The Kier molecular flexibility index (Phi) is 30.0. The summed E-state index contributed by atoms with van der Waals surface area (Å²) in [6.07, 6.45) is -0.0866. The summed E-state index contributed by atoms with van der Waals surface area (Å²) >= 11 is 6.28. The van der Waals surface area contributed by atoms with Gasteiger partial charge in [-0.05, 0) is 102 Å². The molecule has 1 unspecified atom stereocenters. The Morgan fingerprint density at radius 1 is 0.598 bits per heavy atom. The summed E-state index contributed by atoms with van der Waals surface area (Å²) in [5, 5.41) is 44.1. The normalized spacial score (nSPS) is 21.9. The van der Waals surface area contributed by atoms with Crippen LogP contribution in [0.4, 0.5) is 0 Å². The summed E-state index contributed by atoms with van der Waals surface area (Å²) < 4.78 is 0. The Balaban J connectivity index is 1.21. The van der Waals surface area contributed by atoms with Crippen LogP contribution in [0.5, 0.6) is 0 Å². The van der Waals surface area contributed by atoms with E-state index in [1.165, 1.54) is 30.3 Å². The first-order valence-electron chi connectivity index (χ1n) is 35.5. The van der Waals surface area contributed by atoms with Gasteiger partial charge in [-0.2, -0.15) is 0 Å². The molecule has 0 aliphatic carbocycles. The fourth-order valence-electron chi connectivity index (χ4n) is 12.8. The number of benzene rings is 4. The van der Waals surface area contributed by atoms with Gasteiger partial charge in [-0.25, -0.2) is 0 Å². The Hall–Kier alpha value is -11.6. The Bertz CT molecular complexity index is 4060. The lowest BCUT2D eigenvalue weighted by Crippen LogP contribution is -2.61. The largest absolute Gasteiger partial charge is 0.370 e. The van der Waals surface area contributed by atoms with E-state index in [1.54, 1.807) is 80.6 Å². The van der Waals surface area contributed by atoms with Gasteiger partial charge in [-0.15, -0.1) is 0 Å². The van der Waals surface area contributed by atoms with Gasteiger partial charge in [0.25, 0.3) is 0 Å². The summed E-state index contributed by atoms with van der Waals surface area (Å²) in [5.41, 5.74) is 13.5. The molecule has 3 aliphatic rings. The van der Waals surface area contributed by atoms with Gasteiger partial charge in [-0.1, -0.05) is 116 Å². The number of carbonyl (C=O) groups is 14. The Morgan fingerprint density at radius 2 is 1.23 bits per heavy atom. The van der Waals surface area contributed by atoms with Crippen molar-refractivity contribution >= 4 is 111 Å². The van der Waals surface area contributed by atoms with Crippen LogP contribution in [0.3, 0.4) is 0 Å². The van der Waals surface area contributed by atoms with E-state index in [-0.39, 0.29) is 96.2 Å². The van der Waals surface area contributed by atoms with E-state index in [1.807, 2.05) is 36.4 Å². The van der Waals surface area contributed by atoms with Crippen LogP contribution in [0.25, 0.3) is 10.8 Å². The quantitative estimate of drug-likeness (QED) is 0.0165. The van der Waals surface area contributed by atoms with Gasteiger partial charge >= 0.3 is 0 Å². The van der Waals surface area contributed by atoms with Crippen LogP contribution in [0.1, 0.15) is 101 Å². The minimum absolute atomic E-state index is 0.0118. The van der Waals surface area contributed by atoms with Gasteiger partial charge in [0.1, 0.15) is 66.5 Å². The predicted molar refractivity (Wildman–Crippen MR) is 393 cm³/mol. The maximum atomic E-state index is 15.5. The lowest BCUT2D eigenvalue weighted by atomic mass is 9.99. The highest BCUT2D eigenvalue weighted by atomic mass is 35.5. The van der Waals surface area contributed by atoms with Crippen LogP contribution in [-0.4, -0.2) is 191 Å². The van der Waals surface area contributed by atoms with Gasteiger partial charge in [0.2, 0.25) is 82.7 Å². The molecule has 0 spiro atoms. The molecule has 0 radical (unpaired) electrons. The minimum atomic E-state index is -2.13. The maximum absolute atomic E-state index is 15.5. The molecular formula is C74H93ClN18O14. The van der Waals surface area contributed by atoms with Crippen molar-refractivity contribution in [2.45, 2.75) is 171 Å². The van der Waals surface area contributed by atoms with Gasteiger partial charge in [-0.3, -0.25) is 77.5 Å². The number of nitrogens with one attached hydrogen (secondary N) is 14. The molecule has 33 heteroatoms. The average molecular weight is 1490 g/mol. The van der Waals surface area contributed by atoms with Crippen LogP contribution in [0.2, 0.25) is 5.02 Å². The molecule has 3 saturated heterocycles. The number of amides is 14. The highest BCUT2D eigenvalue weighted by Crippen LogP contribution is 2.23. The van der Waals surface area contributed by atoms with Gasteiger partial charge in [0.05, 0.1) is 12.8 Å². The minimum Gasteiger partial charge on any atom is -0.370 e. The van der Waals surface area contributed by atoms with Crippen molar-refractivity contribution in [3.63, 3.8) is 0 Å². The summed E-state index contributed by atoms with van der Waals surface area (Å²) in [6.45, 7) is 3.83. The van der Waals surface area contributed by atoms with Crippen LogP contribution in [-0.2, 0) is 92.8 Å². The third-order valence-corrected chi connectivity index (χ3v) is 18.5.